The van der Waals surface area contributed by atoms with E-state index in [0.29, 0.717) is 62.8 Å². The summed E-state index contributed by atoms with van der Waals surface area (Å²) < 4.78 is 16.1. The monoisotopic (exact) mass is 722 g/mol. The molecule has 278 valence electrons. The molecule has 0 spiro atoms. The van der Waals surface area contributed by atoms with Crippen molar-refractivity contribution in [3.05, 3.63) is 65.6 Å². The summed E-state index contributed by atoms with van der Waals surface area (Å²) in [5, 5.41) is 5.65. The molecule has 4 aliphatic heterocycles. The quantitative estimate of drug-likeness (QED) is 0.233. The Bertz CT molecular complexity index is 1900. The summed E-state index contributed by atoms with van der Waals surface area (Å²) in [5.41, 5.74) is 3.13. The van der Waals surface area contributed by atoms with Crippen LogP contribution in [0.4, 0.5) is 27.5 Å². The van der Waals surface area contributed by atoms with Gasteiger partial charge in [0, 0.05) is 76.8 Å². The first-order valence-electron chi connectivity index (χ1n) is 19.0. The fourth-order valence-corrected chi connectivity index (χ4v) is 9.22. The second kappa shape index (κ2) is 14.2. The van der Waals surface area contributed by atoms with Gasteiger partial charge in [0.2, 0.25) is 17.8 Å². The van der Waals surface area contributed by atoms with Crippen molar-refractivity contribution in [3.8, 4) is 0 Å². The van der Waals surface area contributed by atoms with E-state index < -0.39 is 17.6 Å². The highest BCUT2D eigenvalue weighted by atomic mass is 19.1. The number of rotatable bonds is 9. The van der Waals surface area contributed by atoms with Gasteiger partial charge >= 0.3 is 0 Å². The molecule has 1 saturated carbocycles. The van der Waals surface area contributed by atoms with Crippen LogP contribution in [-0.2, 0) is 19.2 Å². The van der Waals surface area contributed by atoms with E-state index in [1.54, 1.807) is 18.1 Å². The average Bonchev–Trinajstić information content (AvgIpc) is 3.65. The smallest absolute Gasteiger partial charge is 0.234 e. The number of nitrogens with one attached hydrogen (secondary N) is 2. The van der Waals surface area contributed by atoms with E-state index >= 15 is 4.39 Å². The normalized spacial score (nSPS) is 25.2. The highest BCUT2D eigenvalue weighted by molar-refractivity contribution is 6.12. The molecule has 2 amide bonds. The maximum absolute atomic E-state index is 16.1. The van der Waals surface area contributed by atoms with E-state index in [2.05, 4.69) is 30.4 Å². The van der Waals surface area contributed by atoms with Crippen LogP contribution in [0.5, 0.6) is 0 Å². The number of nitrogens with zero attached hydrogens (tertiary/aromatic N) is 6. The molecule has 2 N–H and O–H groups in total. The van der Waals surface area contributed by atoms with Gasteiger partial charge in [0.15, 0.2) is 11.6 Å². The molecule has 1 aromatic carbocycles. The highest BCUT2D eigenvalue weighted by Crippen LogP contribution is 2.45. The number of aromatic nitrogens is 3. The Kier molecular flexibility index (Phi) is 9.46. The van der Waals surface area contributed by atoms with E-state index in [0.717, 1.165) is 61.3 Å². The lowest BCUT2D eigenvalue weighted by Crippen LogP contribution is -2.54. The molecule has 3 atom stereocenters. The molecule has 3 aromatic rings. The number of amides is 2. The van der Waals surface area contributed by atoms with Gasteiger partial charge < -0.3 is 15.1 Å². The van der Waals surface area contributed by atoms with Crippen molar-refractivity contribution in [1.29, 1.82) is 0 Å². The molecule has 3 saturated heterocycles. The van der Waals surface area contributed by atoms with Gasteiger partial charge in [-0.1, -0.05) is 31.0 Å². The number of fused-ring (bicyclic) bond motifs is 1. The van der Waals surface area contributed by atoms with Crippen molar-refractivity contribution in [3.63, 3.8) is 0 Å². The molecule has 3 unspecified atom stereocenters. The van der Waals surface area contributed by atoms with Gasteiger partial charge in [0.05, 0.1) is 29.4 Å². The maximum Gasteiger partial charge on any atom is 0.234 e. The van der Waals surface area contributed by atoms with E-state index in [-0.39, 0.29) is 41.1 Å². The number of carbonyl (C=O) groups is 4. The van der Waals surface area contributed by atoms with Gasteiger partial charge in [0.25, 0.3) is 0 Å². The summed E-state index contributed by atoms with van der Waals surface area (Å²) in [6.45, 7) is 4.64. The number of pyridine rings is 1. The van der Waals surface area contributed by atoms with Crippen molar-refractivity contribution in [2.75, 3.05) is 54.9 Å². The van der Waals surface area contributed by atoms with E-state index in [9.17, 15) is 19.2 Å². The van der Waals surface area contributed by atoms with Gasteiger partial charge in [0.1, 0.15) is 17.5 Å². The summed E-state index contributed by atoms with van der Waals surface area (Å²) in [6.07, 6.45) is 9.34. The molecule has 1 aliphatic carbocycles. The van der Waals surface area contributed by atoms with Gasteiger partial charge in [-0.3, -0.25) is 29.4 Å². The first kappa shape index (κ1) is 35.3. The second-order valence-electron chi connectivity index (χ2n) is 15.7. The topological polar surface area (TPSA) is 141 Å². The fourth-order valence-electron chi connectivity index (χ4n) is 9.22. The first-order valence-corrected chi connectivity index (χ1v) is 19.0. The summed E-state index contributed by atoms with van der Waals surface area (Å²) >= 11 is 0. The van der Waals surface area contributed by atoms with Crippen LogP contribution in [-0.4, -0.2) is 94.7 Å². The van der Waals surface area contributed by atoms with Crippen LogP contribution in [0.15, 0.2) is 48.8 Å². The van der Waals surface area contributed by atoms with Crippen LogP contribution in [0.2, 0.25) is 0 Å². The number of likely N-dealkylation sites (N-methyl/N-ethyl adjacent to an activating group) is 1. The van der Waals surface area contributed by atoms with Gasteiger partial charge in [-0.05, 0) is 61.4 Å². The lowest BCUT2D eigenvalue weighted by Gasteiger charge is -2.45. The standard InChI is InChI=1S/C40H47FN8O4/c1-24(50)36-37(52)34(25-6-3-4-7-25)35-31(47(36)2)20-43-39(46-35)44-32-12-10-27(19-42-32)28-21-48(22-28)23-40(41)14-16-49(17-15-40)29-9-5-8-26(18-29)30-11-13-33(51)45-38(30)53/h5,8-10,12,18-20,25,28,30,34,36H,3-4,6-7,11,13-17,21-23H2,1-2H3,(H,45,51,53)(H,42,43,44,46). The minimum absolute atomic E-state index is 0.0699. The van der Waals surface area contributed by atoms with Crippen molar-refractivity contribution < 1.29 is 23.6 Å². The molecule has 53 heavy (non-hydrogen) atoms. The fraction of sp³-hybridized carbons (Fsp3) is 0.525. The molecule has 0 radical (unpaired) electrons. The van der Waals surface area contributed by atoms with Crippen LogP contribution >= 0.6 is 0 Å². The third kappa shape index (κ3) is 7.03. The van der Waals surface area contributed by atoms with Crippen LogP contribution in [0.25, 0.3) is 0 Å². The molecule has 8 rings (SSSR count). The number of hydrogen-bond acceptors (Lipinski definition) is 11. The number of imide groups is 1. The number of benzene rings is 1. The Labute approximate surface area is 308 Å². The van der Waals surface area contributed by atoms with Gasteiger partial charge in [-0.25, -0.2) is 19.3 Å². The Morgan fingerprint density at radius 2 is 1.77 bits per heavy atom. The van der Waals surface area contributed by atoms with Crippen LogP contribution < -0.4 is 20.4 Å². The van der Waals surface area contributed by atoms with Crippen LogP contribution in [0.3, 0.4) is 0 Å². The van der Waals surface area contributed by atoms with E-state index in [1.165, 1.54) is 6.92 Å². The molecule has 0 bridgehead atoms. The van der Waals surface area contributed by atoms with Crippen molar-refractivity contribution in [2.45, 2.75) is 87.8 Å². The Morgan fingerprint density at radius 3 is 2.47 bits per heavy atom. The lowest BCUT2D eigenvalue weighted by molar-refractivity contribution is -0.134. The number of ketones is 2. The van der Waals surface area contributed by atoms with E-state index in [1.807, 2.05) is 42.6 Å². The molecular weight excluding hydrogens is 675 g/mol. The predicted octanol–water partition coefficient (Wildman–Crippen LogP) is 4.79. The molecule has 6 heterocycles. The molecule has 13 heteroatoms. The number of carbonyl (C=O) groups excluding carboxylic acids is 4. The molecular formula is C40H47FN8O4. The Hall–Kier alpha value is -4.78. The number of likely N-dealkylation sites (tertiary alicyclic amines) is 1. The van der Waals surface area contributed by atoms with Crippen molar-refractivity contribution in [2.24, 2.45) is 5.92 Å². The van der Waals surface area contributed by atoms with Crippen molar-refractivity contribution >= 4 is 46.5 Å². The minimum Gasteiger partial charge on any atom is -0.371 e. The summed E-state index contributed by atoms with van der Waals surface area (Å²) in [6, 6.07) is 11.0. The largest absolute Gasteiger partial charge is 0.371 e. The highest BCUT2D eigenvalue weighted by Gasteiger charge is 2.46. The Morgan fingerprint density at radius 1 is 1.00 bits per heavy atom. The maximum atomic E-state index is 16.1. The van der Waals surface area contributed by atoms with Crippen LogP contribution in [0, 0.1) is 5.92 Å². The predicted molar refractivity (Wildman–Crippen MR) is 198 cm³/mol. The molecule has 4 fully saturated rings. The molecule has 2 aromatic heterocycles. The van der Waals surface area contributed by atoms with Gasteiger partial charge in [-0.2, -0.15) is 0 Å². The lowest BCUT2D eigenvalue weighted by atomic mass is 9.77. The average molecular weight is 723 g/mol. The minimum atomic E-state index is -1.26. The third-order valence-corrected chi connectivity index (χ3v) is 12.2. The number of halogens is 1. The zero-order valence-electron chi connectivity index (χ0n) is 30.4. The summed E-state index contributed by atoms with van der Waals surface area (Å²) in [4.78, 5) is 70.2. The number of hydrogen-bond donors (Lipinski definition) is 2. The SMILES string of the molecule is CC(=O)C1C(=O)C(C2CCCC2)c2nc(Nc3ccc(C4CN(CC5(F)CCN(c6cccc(C7CCC(=O)NC7=O)c6)CC5)C4)cn3)ncc2N1C. The zero-order valence-corrected chi connectivity index (χ0v) is 30.4. The molecule has 5 aliphatic rings. The van der Waals surface area contributed by atoms with E-state index in [4.69, 9.17) is 4.98 Å². The molecule has 12 nitrogen and oxygen atoms in total. The van der Waals surface area contributed by atoms with Crippen molar-refractivity contribution in [1.82, 2.24) is 25.2 Å². The Balaban J connectivity index is 0.846. The number of anilines is 4. The number of Topliss-reactive ketones (excluding diaryl/α,β-unsaturated/α-hetero) is 2. The second-order valence-corrected chi connectivity index (χ2v) is 15.7. The van der Waals surface area contributed by atoms with Gasteiger partial charge in [-0.15, -0.1) is 0 Å². The number of alkyl halides is 1. The van der Waals surface area contributed by atoms with Crippen LogP contribution in [0.1, 0.15) is 92.9 Å². The summed E-state index contributed by atoms with van der Waals surface area (Å²) in [7, 11) is 1.76. The first-order chi connectivity index (χ1) is 25.5. The third-order valence-electron chi connectivity index (χ3n) is 12.2. The summed E-state index contributed by atoms with van der Waals surface area (Å²) in [5.74, 6) is -0.0452. The zero-order chi connectivity index (χ0) is 36.9. The number of piperidine rings is 2.